The van der Waals surface area contributed by atoms with Crippen molar-refractivity contribution in [2.24, 2.45) is 0 Å². The summed E-state index contributed by atoms with van der Waals surface area (Å²) in [7, 11) is 1.69. The largest absolute Gasteiger partial charge is 0.396 e. The van der Waals surface area contributed by atoms with Crippen LogP contribution in [0.2, 0.25) is 0 Å². The van der Waals surface area contributed by atoms with Gasteiger partial charge in [0, 0.05) is 31.7 Å². The van der Waals surface area contributed by atoms with Crippen molar-refractivity contribution < 1.29 is 9.84 Å². The molecule has 21 heavy (non-hydrogen) atoms. The molecule has 1 aromatic heterocycles. The summed E-state index contributed by atoms with van der Waals surface area (Å²) in [5.41, 5.74) is 2.20. The minimum atomic E-state index is 0.0334. The molecule has 1 aromatic carbocycles. The van der Waals surface area contributed by atoms with Gasteiger partial charge >= 0.3 is 0 Å². The van der Waals surface area contributed by atoms with E-state index in [0.717, 1.165) is 10.7 Å². The number of methoxy groups -OCH3 is 1. The SMILES string of the molecule is COC(C)c1nc(CNC(CCO)c2ccccc2)cs1. The standard InChI is InChI=1S/C16H22N2O2S/c1-12(20-2)16-18-14(11-21-16)10-17-15(8-9-19)13-6-4-3-5-7-13/h3-7,11-12,15,17,19H,8-10H2,1-2H3. The number of aliphatic hydroxyl groups excluding tert-OH is 1. The van der Waals surface area contributed by atoms with Gasteiger partial charge in [0.15, 0.2) is 0 Å². The molecule has 2 N–H and O–H groups in total. The van der Waals surface area contributed by atoms with E-state index in [1.165, 1.54) is 5.56 Å². The third kappa shape index (κ3) is 4.61. The van der Waals surface area contributed by atoms with E-state index in [1.807, 2.05) is 25.1 Å². The van der Waals surface area contributed by atoms with Crippen LogP contribution in [0, 0.1) is 0 Å². The van der Waals surface area contributed by atoms with Gasteiger partial charge in [-0.15, -0.1) is 11.3 Å². The molecule has 1 heterocycles. The average Bonchev–Trinajstić information content (AvgIpc) is 3.00. The Morgan fingerprint density at radius 2 is 2.10 bits per heavy atom. The molecule has 0 aliphatic carbocycles. The highest BCUT2D eigenvalue weighted by atomic mass is 32.1. The Morgan fingerprint density at radius 3 is 2.76 bits per heavy atom. The summed E-state index contributed by atoms with van der Waals surface area (Å²) in [6.07, 6.45) is 0.723. The maximum absolute atomic E-state index is 9.23. The lowest BCUT2D eigenvalue weighted by atomic mass is 10.0. The summed E-state index contributed by atoms with van der Waals surface area (Å²) >= 11 is 1.62. The van der Waals surface area contributed by atoms with E-state index in [9.17, 15) is 5.11 Å². The topological polar surface area (TPSA) is 54.4 Å². The molecular weight excluding hydrogens is 284 g/mol. The van der Waals surface area contributed by atoms with Crippen molar-refractivity contribution in [2.75, 3.05) is 13.7 Å². The second-order valence-electron chi connectivity index (χ2n) is 4.91. The number of nitrogens with one attached hydrogen (secondary N) is 1. The number of benzene rings is 1. The lowest BCUT2D eigenvalue weighted by Gasteiger charge is -2.17. The van der Waals surface area contributed by atoms with Crippen LogP contribution in [0.5, 0.6) is 0 Å². The molecule has 0 saturated heterocycles. The van der Waals surface area contributed by atoms with E-state index in [0.29, 0.717) is 13.0 Å². The molecule has 114 valence electrons. The Labute approximate surface area is 129 Å². The lowest BCUT2D eigenvalue weighted by molar-refractivity contribution is 0.119. The van der Waals surface area contributed by atoms with Gasteiger partial charge in [0.2, 0.25) is 0 Å². The maximum atomic E-state index is 9.23. The van der Waals surface area contributed by atoms with Crippen molar-refractivity contribution in [3.8, 4) is 0 Å². The minimum Gasteiger partial charge on any atom is -0.396 e. The minimum absolute atomic E-state index is 0.0334. The monoisotopic (exact) mass is 306 g/mol. The van der Waals surface area contributed by atoms with Gasteiger partial charge in [0.25, 0.3) is 0 Å². The Balaban J connectivity index is 1.97. The quantitative estimate of drug-likeness (QED) is 0.787. The van der Waals surface area contributed by atoms with Crippen LogP contribution in [0.4, 0.5) is 0 Å². The van der Waals surface area contributed by atoms with Gasteiger partial charge in [-0.05, 0) is 18.9 Å². The van der Waals surface area contributed by atoms with Gasteiger partial charge < -0.3 is 15.2 Å². The smallest absolute Gasteiger partial charge is 0.122 e. The molecule has 0 aliphatic rings. The number of aromatic nitrogens is 1. The molecule has 0 bridgehead atoms. The van der Waals surface area contributed by atoms with Crippen molar-refractivity contribution in [3.05, 3.63) is 52.0 Å². The highest BCUT2D eigenvalue weighted by Crippen LogP contribution is 2.21. The zero-order valence-corrected chi connectivity index (χ0v) is 13.3. The molecule has 0 aliphatic heterocycles. The van der Waals surface area contributed by atoms with Gasteiger partial charge in [-0.1, -0.05) is 30.3 Å². The van der Waals surface area contributed by atoms with Gasteiger partial charge in [-0.3, -0.25) is 0 Å². The third-order valence-corrected chi connectivity index (χ3v) is 4.47. The summed E-state index contributed by atoms with van der Waals surface area (Å²) < 4.78 is 5.28. The number of hydrogen-bond acceptors (Lipinski definition) is 5. The molecule has 2 unspecified atom stereocenters. The summed E-state index contributed by atoms with van der Waals surface area (Å²) in [6, 6.07) is 10.3. The van der Waals surface area contributed by atoms with E-state index in [1.54, 1.807) is 18.4 Å². The van der Waals surface area contributed by atoms with Gasteiger partial charge in [0.1, 0.15) is 11.1 Å². The number of nitrogens with zero attached hydrogens (tertiary/aromatic N) is 1. The summed E-state index contributed by atoms with van der Waals surface area (Å²) in [4.78, 5) is 4.58. The molecule has 0 saturated carbocycles. The highest BCUT2D eigenvalue weighted by molar-refractivity contribution is 7.09. The van der Waals surface area contributed by atoms with Crippen molar-refractivity contribution in [1.29, 1.82) is 0 Å². The fourth-order valence-corrected chi connectivity index (χ4v) is 2.97. The third-order valence-electron chi connectivity index (χ3n) is 3.42. The van der Waals surface area contributed by atoms with E-state index >= 15 is 0 Å². The molecule has 2 atom stereocenters. The lowest BCUT2D eigenvalue weighted by Crippen LogP contribution is -2.22. The summed E-state index contributed by atoms with van der Waals surface area (Å²) in [5, 5.41) is 15.7. The normalized spacial score (nSPS) is 14.0. The van der Waals surface area contributed by atoms with E-state index in [4.69, 9.17) is 4.74 Å². The number of aliphatic hydroxyl groups is 1. The van der Waals surface area contributed by atoms with Crippen LogP contribution >= 0.6 is 11.3 Å². The number of hydrogen-bond donors (Lipinski definition) is 2. The van der Waals surface area contributed by atoms with Gasteiger partial charge in [-0.25, -0.2) is 4.98 Å². The predicted molar refractivity (Wildman–Crippen MR) is 85.3 cm³/mol. The first-order valence-corrected chi connectivity index (χ1v) is 7.98. The Hall–Kier alpha value is -1.27. The first kappa shape index (κ1) is 16.1. The molecule has 0 fully saturated rings. The number of ether oxygens (including phenoxy) is 1. The maximum Gasteiger partial charge on any atom is 0.122 e. The van der Waals surface area contributed by atoms with Gasteiger partial charge in [0.05, 0.1) is 5.69 Å². The van der Waals surface area contributed by atoms with E-state index in [2.05, 4.69) is 27.8 Å². The van der Waals surface area contributed by atoms with Crippen LogP contribution in [-0.4, -0.2) is 23.8 Å². The van der Waals surface area contributed by atoms with Crippen LogP contribution < -0.4 is 5.32 Å². The highest BCUT2D eigenvalue weighted by Gasteiger charge is 2.13. The molecule has 4 nitrogen and oxygen atoms in total. The molecule has 0 spiro atoms. The molecule has 0 amide bonds. The van der Waals surface area contributed by atoms with Gasteiger partial charge in [-0.2, -0.15) is 0 Å². The Bertz CT molecular complexity index is 530. The molecule has 2 rings (SSSR count). The molecule has 0 radical (unpaired) electrons. The van der Waals surface area contributed by atoms with Crippen LogP contribution in [0.3, 0.4) is 0 Å². The average molecular weight is 306 g/mol. The van der Waals surface area contributed by atoms with Crippen LogP contribution in [0.25, 0.3) is 0 Å². The van der Waals surface area contributed by atoms with Crippen molar-refractivity contribution >= 4 is 11.3 Å². The summed E-state index contributed by atoms with van der Waals surface area (Å²) in [5.74, 6) is 0. The van der Waals surface area contributed by atoms with Crippen LogP contribution in [-0.2, 0) is 11.3 Å². The summed E-state index contributed by atoms with van der Waals surface area (Å²) in [6.45, 7) is 2.84. The molecule has 5 heteroatoms. The Kier molecular flexibility index (Phi) is 6.32. The number of thiazole rings is 1. The molecule has 2 aromatic rings. The van der Waals surface area contributed by atoms with Crippen molar-refractivity contribution in [1.82, 2.24) is 10.3 Å². The first-order chi connectivity index (χ1) is 10.2. The second kappa shape index (κ2) is 8.24. The zero-order valence-electron chi connectivity index (χ0n) is 12.5. The second-order valence-corrected chi connectivity index (χ2v) is 5.80. The zero-order chi connectivity index (χ0) is 15.1. The fourth-order valence-electron chi connectivity index (χ4n) is 2.12. The van der Waals surface area contributed by atoms with Crippen LogP contribution in [0.15, 0.2) is 35.7 Å². The van der Waals surface area contributed by atoms with Crippen molar-refractivity contribution in [3.63, 3.8) is 0 Å². The van der Waals surface area contributed by atoms with Crippen LogP contribution in [0.1, 0.15) is 41.8 Å². The predicted octanol–water partition coefficient (Wildman–Crippen LogP) is 3.06. The number of rotatable bonds is 8. The first-order valence-electron chi connectivity index (χ1n) is 7.11. The van der Waals surface area contributed by atoms with E-state index < -0.39 is 0 Å². The Morgan fingerprint density at radius 1 is 1.33 bits per heavy atom. The van der Waals surface area contributed by atoms with E-state index in [-0.39, 0.29) is 18.8 Å². The van der Waals surface area contributed by atoms with Crippen molar-refractivity contribution in [2.45, 2.75) is 32.0 Å². The fraction of sp³-hybridized carbons (Fsp3) is 0.438. The molecular formula is C16H22N2O2S.